The Morgan fingerprint density at radius 3 is 2.69 bits per heavy atom. The normalized spacial score (nSPS) is 15.3. The molecule has 1 fully saturated rings. The first-order valence-corrected chi connectivity index (χ1v) is 10.2. The number of morpholine rings is 1. The van der Waals surface area contributed by atoms with Crippen LogP contribution in [-0.2, 0) is 14.8 Å². The van der Waals surface area contributed by atoms with Gasteiger partial charge in [-0.1, -0.05) is 6.07 Å². The van der Waals surface area contributed by atoms with Gasteiger partial charge >= 0.3 is 0 Å². The van der Waals surface area contributed by atoms with E-state index in [2.05, 4.69) is 10.5 Å². The summed E-state index contributed by atoms with van der Waals surface area (Å²) in [5.74, 6) is -0.142. The van der Waals surface area contributed by atoms with Gasteiger partial charge in [-0.05, 0) is 30.3 Å². The zero-order valence-corrected chi connectivity index (χ0v) is 16.6. The number of hydrogen-bond acceptors (Lipinski definition) is 7. The molecular weight excluding hydrogens is 398 g/mol. The highest BCUT2D eigenvalue weighted by molar-refractivity contribution is 7.89. The van der Waals surface area contributed by atoms with Gasteiger partial charge in [0.05, 0.1) is 31.4 Å². The third kappa shape index (κ3) is 4.91. The number of aromatic hydroxyl groups is 1. The molecule has 1 saturated heterocycles. The molecule has 0 bridgehead atoms. The highest BCUT2D eigenvalue weighted by Crippen LogP contribution is 2.22. The maximum Gasteiger partial charge on any atom is 0.271 e. The Balaban J connectivity index is 1.71. The van der Waals surface area contributed by atoms with Crippen LogP contribution in [0.25, 0.3) is 0 Å². The Hall–Kier alpha value is -2.95. The molecule has 1 aliphatic rings. The molecule has 2 aromatic carbocycles. The van der Waals surface area contributed by atoms with Crippen molar-refractivity contribution in [2.45, 2.75) is 4.90 Å². The van der Waals surface area contributed by atoms with E-state index in [4.69, 9.17) is 9.47 Å². The predicted molar refractivity (Wildman–Crippen MR) is 106 cm³/mol. The van der Waals surface area contributed by atoms with Crippen molar-refractivity contribution >= 4 is 22.1 Å². The molecule has 1 aliphatic heterocycles. The number of phenolic OH excluding ortho intramolecular Hbond substituents is 1. The highest BCUT2D eigenvalue weighted by atomic mass is 32.2. The molecule has 0 aliphatic carbocycles. The summed E-state index contributed by atoms with van der Waals surface area (Å²) in [7, 11) is -2.22. The Morgan fingerprint density at radius 1 is 1.24 bits per heavy atom. The zero-order chi connectivity index (χ0) is 20.9. The molecule has 1 amide bonds. The van der Waals surface area contributed by atoms with E-state index in [1.807, 2.05) is 0 Å². The second-order valence-electron chi connectivity index (χ2n) is 6.17. The van der Waals surface area contributed by atoms with Crippen LogP contribution in [0.2, 0.25) is 0 Å². The fraction of sp³-hybridized carbons (Fsp3) is 0.263. The van der Waals surface area contributed by atoms with Crippen molar-refractivity contribution in [3.05, 3.63) is 53.6 Å². The molecule has 10 heteroatoms. The Kier molecular flexibility index (Phi) is 6.47. The van der Waals surface area contributed by atoms with Gasteiger partial charge in [-0.25, -0.2) is 13.8 Å². The third-order valence-corrected chi connectivity index (χ3v) is 6.21. The zero-order valence-electron chi connectivity index (χ0n) is 15.7. The summed E-state index contributed by atoms with van der Waals surface area (Å²) in [5.41, 5.74) is 2.85. The van der Waals surface area contributed by atoms with Crippen LogP contribution in [0.4, 0.5) is 0 Å². The quantitative estimate of drug-likeness (QED) is 0.536. The summed E-state index contributed by atoms with van der Waals surface area (Å²) in [6.07, 6.45) is 1.28. The lowest BCUT2D eigenvalue weighted by molar-refractivity contribution is 0.0730. The molecular formula is C19H21N3O6S. The monoisotopic (exact) mass is 419 g/mol. The Bertz CT molecular complexity index is 1020. The topological polar surface area (TPSA) is 118 Å². The molecule has 0 saturated carbocycles. The van der Waals surface area contributed by atoms with Crippen LogP contribution in [0.5, 0.6) is 11.5 Å². The number of hydrazone groups is 1. The fourth-order valence-corrected chi connectivity index (χ4v) is 4.17. The maximum atomic E-state index is 12.7. The molecule has 3 rings (SSSR count). The van der Waals surface area contributed by atoms with Gasteiger partial charge < -0.3 is 14.6 Å². The van der Waals surface area contributed by atoms with Crippen LogP contribution in [0.3, 0.4) is 0 Å². The lowest BCUT2D eigenvalue weighted by Gasteiger charge is -2.26. The number of hydrogen-bond donors (Lipinski definition) is 2. The Labute approximate surface area is 168 Å². The Morgan fingerprint density at radius 2 is 2.00 bits per heavy atom. The van der Waals surface area contributed by atoms with E-state index in [0.29, 0.717) is 24.5 Å². The SMILES string of the molecule is COc1ccc(/C=N/NC(=O)c2cccc(S(=O)(=O)N3CCOCC3)c2)c(O)c1. The largest absolute Gasteiger partial charge is 0.507 e. The van der Waals surface area contributed by atoms with Gasteiger partial charge in [-0.3, -0.25) is 4.79 Å². The smallest absolute Gasteiger partial charge is 0.271 e. The van der Waals surface area contributed by atoms with E-state index in [1.165, 1.54) is 48.0 Å². The van der Waals surface area contributed by atoms with E-state index >= 15 is 0 Å². The van der Waals surface area contributed by atoms with Gasteiger partial charge in [0.1, 0.15) is 11.5 Å². The van der Waals surface area contributed by atoms with Gasteiger partial charge in [-0.2, -0.15) is 9.41 Å². The minimum absolute atomic E-state index is 0.0313. The van der Waals surface area contributed by atoms with Gasteiger partial charge in [0, 0.05) is 30.3 Å². The van der Waals surface area contributed by atoms with Gasteiger partial charge in [0.2, 0.25) is 10.0 Å². The molecule has 2 N–H and O–H groups in total. The van der Waals surface area contributed by atoms with E-state index in [0.717, 1.165) is 0 Å². The number of carbonyl (C=O) groups is 1. The van der Waals surface area contributed by atoms with E-state index in [9.17, 15) is 18.3 Å². The molecule has 0 aromatic heterocycles. The minimum atomic E-state index is -3.70. The number of carbonyl (C=O) groups excluding carboxylic acids is 1. The van der Waals surface area contributed by atoms with Crippen LogP contribution in [0.1, 0.15) is 15.9 Å². The first kappa shape index (κ1) is 20.8. The lowest BCUT2D eigenvalue weighted by atomic mass is 10.2. The van der Waals surface area contributed by atoms with E-state index in [1.54, 1.807) is 12.1 Å². The molecule has 0 unspecified atom stereocenters. The predicted octanol–water partition coefficient (Wildman–Crippen LogP) is 1.19. The first-order valence-electron chi connectivity index (χ1n) is 8.80. The van der Waals surface area contributed by atoms with Crippen LogP contribution in [0.15, 0.2) is 52.5 Å². The number of rotatable bonds is 6. The lowest BCUT2D eigenvalue weighted by Crippen LogP contribution is -2.40. The van der Waals surface area contributed by atoms with Gasteiger partial charge in [0.15, 0.2) is 0 Å². The van der Waals surface area contributed by atoms with Crippen molar-refractivity contribution < 1.29 is 27.8 Å². The second-order valence-corrected chi connectivity index (χ2v) is 8.11. The number of benzene rings is 2. The molecule has 29 heavy (non-hydrogen) atoms. The fourth-order valence-electron chi connectivity index (χ4n) is 2.72. The number of methoxy groups -OCH3 is 1. The molecule has 9 nitrogen and oxygen atoms in total. The number of ether oxygens (including phenoxy) is 2. The number of nitrogens with one attached hydrogen (secondary N) is 1. The molecule has 2 aromatic rings. The summed E-state index contributed by atoms with van der Waals surface area (Å²) >= 11 is 0. The molecule has 1 heterocycles. The van der Waals surface area contributed by atoms with Crippen LogP contribution >= 0.6 is 0 Å². The molecule has 0 atom stereocenters. The summed E-state index contributed by atoms with van der Waals surface area (Å²) in [6.45, 7) is 1.22. The van der Waals surface area contributed by atoms with Crippen molar-refractivity contribution in [3.63, 3.8) is 0 Å². The highest BCUT2D eigenvalue weighted by Gasteiger charge is 2.26. The van der Waals surface area contributed by atoms with Crippen molar-refractivity contribution in [1.29, 1.82) is 0 Å². The maximum absolute atomic E-state index is 12.7. The van der Waals surface area contributed by atoms with Gasteiger partial charge in [0.25, 0.3) is 5.91 Å². The van der Waals surface area contributed by atoms with Crippen molar-refractivity contribution in [2.75, 3.05) is 33.4 Å². The minimum Gasteiger partial charge on any atom is -0.507 e. The van der Waals surface area contributed by atoms with Crippen LogP contribution < -0.4 is 10.2 Å². The summed E-state index contributed by atoms with van der Waals surface area (Å²) in [5, 5.41) is 13.7. The average molecular weight is 419 g/mol. The van der Waals surface area contributed by atoms with Crippen molar-refractivity contribution in [3.8, 4) is 11.5 Å². The standard InChI is InChI=1S/C19H21N3O6S/c1-27-16-6-5-15(18(23)12-16)13-20-21-19(24)14-3-2-4-17(11-14)29(25,26)22-7-9-28-10-8-22/h2-6,11-13,23H,7-10H2,1H3,(H,21,24)/b20-13+. The molecule has 0 radical (unpaired) electrons. The number of nitrogens with zero attached hydrogens (tertiary/aromatic N) is 2. The molecule has 154 valence electrons. The number of sulfonamides is 1. The second kappa shape index (κ2) is 9.03. The average Bonchev–Trinajstić information content (AvgIpc) is 2.75. The van der Waals surface area contributed by atoms with Crippen LogP contribution in [-0.4, -0.2) is 63.4 Å². The van der Waals surface area contributed by atoms with E-state index in [-0.39, 0.29) is 29.3 Å². The number of phenols is 1. The number of amides is 1. The van der Waals surface area contributed by atoms with Crippen molar-refractivity contribution in [2.24, 2.45) is 5.10 Å². The first-order chi connectivity index (χ1) is 13.9. The van der Waals surface area contributed by atoms with Crippen LogP contribution in [0, 0.1) is 0 Å². The summed E-state index contributed by atoms with van der Waals surface area (Å²) in [4.78, 5) is 12.4. The van der Waals surface area contributed by atoms with E-state index < -0.39 is 15.9 Å². The third-order valence-electron chi connectivity index (χ3n) is 4.31. The summed E-state index contributed by atoms with van der Waals surface area (Å²) < 4.78 is 37.0. The van der Waals surface area contributed by atoms with Gasteiger partial charge in [-0.15, -0.1) is 0 Å². The van der Waals surface area contributed by atoms with Crippen molar-refractivity contribution in [1.82, 2.24) is 9.73 Å². The molecule has 0 spiro atoms. The summed E-state index contributed by atoms with van der Waals surface area (Å²) in [6, 6.07) is 10.4.